The molecular formula is C20H14N2O5. The first-order valence-corrected chi connectivity index (χ1v) is 7.89. The van der Waals surface area contributed by atoms with Crippen molar-refractivity contribution >= 4 is 23.5 Å². The van der Waals surface area contributed by atoms with Gasteiger partial charge >= 0.3 is 11.9 Å². The minimum atomic E-state index is -1.33. The second-order valence-corrected chi connectivity index (χ2v) is 5.64. The van der Waals surface area contributed by atoms with Gasteiger partial charge in [0.15, 0.2) is 0 Å². The summed E-state index contributed by atoms with van der Waals surface area (Å²) in [5.41, 5.74) is 1.16. The molecule has 3 rings (SSSR count). The Kier molecular flexibility index (Phi) is 4.94. The Hall–Kier alpha value is -4.00. The SMILES string of the molecule is O=C(Nc1cccc(-c2cc(C(=O)O)nc(C(=O)O)c2)c1)c1ccccc1. The number of benzene rings is 2. The van der Waals surface area contributed by atoms with E-state index in [0.717, 1.165) is 0 Å². The summed E-state index contributed by atoms with van der Waals surface area (Å²) in [6.07, 6.45) is 0. The van der Waals surface area contributed by atoms with E-state index in [4.69, 9.17) is 10.2 Å². The van der Waals surface area contributed by atoms with Crippen molar-refractivity contribution in [3.8, 4) is 11.1 Å². The number of carbonyl (C=O) groups is 3. The van der Waals surface area contributed by atoms with E-state index in [1.165, 1.54) is 12.1 Å². The van der Waals surface area contributed by atoms with Gasteiger partial charge in [-0.25, -0.2) is 14.6 Å². The molecule has 3 aromatic rings. The summed E-state index contributed by atoms with van der Waals surface area (Å²) < 4.78 is 0. The lowest BCUT2D eigenvalue weighted by molar-refractivity contribution is 0.0684. The van der Waals surface area contributed by atoms with E-state index in [1.54, 1.807) is 54.6 Å². The van der Waals surface area contributed by atoms with Crippen molar-refractivity contribution in [1.82, 2.24) is 4.98 Å². The fourth-order valence-corrected chi connectivity index (χ4v) is 2.49. The van der Waals surface area contributed by atoms with E-state index >= 15 is 0 Å². The third-order valence-corrected chi connectivity index (χ3v) is 3.75. The van der Waals surface area contributed by atoms with E-state index in [2.05, 4.69) is 10.3 Å². The van der Waals surface area contributed by atoms with Crippen molar-refractivity contribution in [3.05, 3.63) is 83.7 Å². The molecule has 7 nitrogen and oxygen atoms in total. The maximum atomic E-state index is 12.3. The molecule has 0 saturated carbocycles. The molecule has 0 aliphatic heterocycles. The number of pyridine rings is 1. The summed E-state index contributed by atoms with van der Waals surface area (Å²) in [6.45, 7) is 0. The normalized spacial score (nSPS) is 10.2. The van der Waals surface area contributed by atoms with Crippen LogP contribution in [0, 0.1) is 0 Å². The van der Waals surface area contributed by atoms with Gasteiger partial charge in [-0.2, -0.15) is 0 Å². The van der Waals surface area contributed by atoms with Crippen LogP contribution in [0.5, 0.6) is 0 Å². The number of carbonyl (C=O) groups excluding carboxylic acids is 1. The van der Waals surface area contributed by atoms with Crippen LogP contribution < -0.4 is 5.32 Å². The second-order valence-electron chi connectivity index (χ2n) is 5.64. The van der Waals surface area contributed by atoms with Gasteiger partial charge in [-0.05, 0) is 47.5 Å². The molecule has 1 amide bonds. The molecule has 27 heavy (non-hydrogen) atoms. The van der Waals surface area contributed by atoms with E-state index in [0.29, 0.717) is 22.4 Å². The third kappa shape index (κ3) is 4.16. The average molecular weight is 362 g/mol. The zero-order valence-electron chi connectivity index (χ0n) is 13.9. The fraction of sp³-hybridized carbons (Fsp3) is 0. The Bertz CT molecular complexity index is 999. The predicted molar refractivity (Wildman–Crippen MR) is 98.0 cm³/mol. The highest BCUT2D eigenvalue weighted by atomic mass is 16.4. The lowest BCUT2D eigenvalue weighted by Crippen LogP contribution is -2.11. The summed E-state index contributed by atoms with van der Waals surface area (Å²) >= 11 is 0. The number of aromatic nitrogens is 1. The molecule has 2 aromatic carbocycles. The average Bonchev–Trinajstić information content (AvgIpc) is 2.68. The molecule has 0 saturated heterocycles. The molecule has 0 aliphatic rings. The van der Waals surface area contributed by atoms with Gasteiger partial charge in [0.05, 0.1) is 0 Å². The smallest absolute Gasteiger partial charge is 0.354 e. The lowest BCUT2D eigenvalue weighted by atomic mass is 10.0. The number of hydrogen-bond donors (Lipinski definition) is 3. The number of aromatic carboxylic acids is 2. The van der Waals surface area contributed by atoms with Crippen LogP contribution in [0.2, 0.25) is 0 Å². The number of anilines is 1. The minimum Gasteiger partial charge on any atom is -0.477 e. The molecule has 0 spiro atoms. The first kappa shape index (κ1) is 17.8. The van der Waals surface area contributed by atoms with Gasteiger partial charge < -0.3 is 15.5 Å². The maximum Gasteiger partial charge on any atom is 0.354 e. The highest BCUT2D eigenvalue weighted by Crippen LogP contribution is 2.24. The van der Waals surface area contributed by atoms with E-state index in [-0.39, 0.29) is 17.3 Å². The van der Waals surface area contributed by atoms with Gasteiger partial charge in [0.2, 0.25) is 0 Å². The van der Waals surface area contributed by atoms with Crippen LogP contribution in [0.3, 0.4) is 0 Å². The number of nitrogens with zero attached hydrogens (tertiary/aromatic N) is 1. The number of carboxylic acid groups (broad SMARTS) is 2. The van der Waals surface area contributed by atoms with Crippen molar-refractivity contribution in [2.24, 2.45) is 0 Å². The summed E-state index contributed by atoms with van der Waals surface area (Å²) in [5, 5.41) is 21.1. The molecular weight excluding hydrogens is 348 g/mol. The molecule has 3 N–H and O–H groups in total. The van der Waals surface area contributed by atoms with Crippen LogP contribution in [0.4, 0.5) is 5.69 Å². The number of rotatable bonds is 5. The van der Waals surface area contributed by atoms with Gasteiger partial charge in [0, 0.05) is 11.3 Å². The molecule has 0 radical (unpaired) electrons. The lowest BCUT2D eigenvalue weighted by Gasteiger charge is -2.09. The maximum absolute atomic E-state index is 12.3. The Morgan fingerprint density at radius 3 is 1.96 bits per heavy atom. The topological polar surface area (TPSA) is 117 Å². The highest BCUT2D eigenvalue weighted by molar-refractivity contribution is 6.04. The number of carboxylic acids is 2. The van der Waals surface area contributed by atoms with Crippen LogP contribution in [-0.2, 0) is 0 Å². The monoisotopic (exact) mass is 362 g/mol. The van der Waals surface area contributed by atoms with Crippen LogP contribution in [-0.4, -0.2) is 33.0 Å². The standard InChI is InChI=1S/C20H14N2O5/c23-18(12-5-2-1-3-6-12)21-15-8-4-7-13(9-15)14-10-16(19(24)25)22-17(11-14)20(26)27/h1-11H,(H,21,23)(H,24,25)(H,26,27). The van der Waals surface area contributed by atoms with E-state index < -0.39 is 11.9 Å². The van der Waals surface area contributed by atoms with Gasteiger partial charge in [-0.3, -0.25) is 4.79 Å². The molecule has 0 atom stereocenters. The number of amides is 1. The van der Waals surface area contributed by atoms with Gasteiger partial charge in [0.1, 0.15) is 11.4 Å². The third-order valence-electron chi connectivity index (χ3n) is 3.75. The van der Waals surface area contributed by atoms with Crippen molar-refractivity contribution in [2.45, 2.75) is 0 Å². The molecule has 1 aromatic heterocycles. The van der Waals surface area contributed by atoms with Crippen molar-refractivity contribution in [3.63, 3.8) is 0 Å². The Morgan fingerprint density at radius 2 is 1.37 bits per heavy atom. The number of hydrogen-bond acceptors (Lipinski definition) is 4. The van der Waals surface area contributed by atoms with Crippen LogP contribution in [0.25, 0.3) is 11.1 Å². The van der Waals surface area contributed by atoms with Crippen molar-refractivity contribution in [2.75, 3.05) is 5.32 Å². The van der Waals surface area contributed by atoms with Gasteiger partial charge in [0.25, 0.3) is 5.91 Å². The predicted octanol–water partition coefficient (Wildman–Crippen LogP) is 3.40. The van der Waals surface area contributed by atoms with Gasteiger partial charge in [-0.15, -0.1) is 0 Å². The second kappa shape index (κ2) is 7.49. The number of nitrogens with one attached hydrogen (secondary N) is 1. The van der Waals surface area contributed by atoms with E-state index in [1.807, 2.05) is 0 Å². The molecule has 0 unspecified atom stereocenters. The molecule has 0 fully saturated rings. The quantitative estimate of drug-likeness (QED) is 0.640. The first-order chi connectivity index (χ1) is 12.9. The largest absolute Gasteiger partial charge is 0.477 e. The fourth-order valence-electron chi connectivity index (χ4n) is 2.49. The summed E-state index contributed by atoms with van der Waals surface area (Å²) in [6, 6.07) is 17.9. The summed E-state index contributed by atoms with van der Waals surface area (Å²) in [7, 11) is 0. The molecule has 0 bridgehead atoms. The highest BCUT2D eigenvalue weighted by Gasteiger charge is 2.14. The van der Waals surface area contributed by atoms with Crippen LogP contribution in [0.15, 0.2) is 66.7 Å². The van der Waals surface area contributed by atoms with Crippen molar-refractivity contribution in [1.29, 1.82) is 0 Å². The van der Waals surface area contributed by atoms with Crippen LogP contribution >= 0.6 is 0 Å². The molecule has 1 heterocycles. The Balaban J connectivity index is 1.95. The van der Waals surface area contributed by atoms with Gasteiger partial charge in [-0.1, -0.05) is 30.3 Å². The van der Waals surface area contributed by atoms with E-state index in [9.17, 15) is 14.4 Å². The molecule has 0 aliphatic carbocycles. The summed E-state index contributed by atoms with van der Waals surface area (Å²) in [5.74, 6) is -2.94. The zero-order valence-corrected chi connectivity index (χ0v) is 13.9. The van der Waals surface area contributed by atoms with Crippen LogP contribution in [0.1, 0.15) is 31.3 Å². The Morgan fingerprint density at radius 1 is 0.741 bits per heavy atom. The molecule has 134 valence electrons. The molecule has 7 heteroatoms. The Labute approximate surface area is 153 Å². The zero-order chi connectivity index (χ0) is 19.4. The first-order valence-electron chi connectivity index (χ1n) is 7.89. The minimum absolute atomic E-state index is 0.292. The van der Waals surface area contributed by atoms with Crippen molar-refractivity contribution < 1.29 is 24.6 Å². The summed E-state index contributed by atoms with van der Waals surface area (Å²) in [4.78, 5) is 38.3.